The predicted molar refractivity (Wildman–Crippen MR) is 128 cm³/mol. The van der Waals surface area contributed by atoms with E-state index in [1.54, 1.807) is 6.20 Å². The number of hydrogen-bond acceptors (Lipinski definition) is 4. The molecule has 1 amide bonds. The molecule has 1 aliphatic rings. The lowest BCUT2D eigenvalue weighted by molar-refractivity contribution is -0.130. The first-order chi connectivity index (χ1) is 15.6. The number of carbonyl (C=O) groups is 1. The predicted octanol–water partition coefficient (Wildman–Crippen LogP) is 4.35. The minimum atomic E-state index is -0.456. The number of hydrogen-bond donors (Lipinski definition) is 1. The molecule has 5 heteroatoms. The molecule has 4 rings (SSSR count). The Morgan fingerprint density at radius 2 is 1.94 bits per heavy atom. The maximum atomic E-state index is 13.6. The largest absolute Gasteiger partial charge is 0.355 e. The van der Waals surface area contributed by atoms with Gasteiger partial charge < -0.3 is 5.32 Å². The summed E-state index contributed by atoms with van der Waals surface area (Å²) in [4.78, 5) is 24.7. The van der Waals surface area contributed by atoms with Gasteiger partial charge in [-0.2, -0.15) is 0 Å². The Hall–Kier alpha value is -3.05. The fourth-order valence-electron chi connectivity index (χ4n) is 4.55. The van der Waals surface area contributed by atoms with Crippen LogP contribution in [0.5, 0.6) is 0 Å². The van der Waals surface area contributed by atoms with Gasteiger partial charge in [-0.3, -0.25) is 19.7 Å². The van der Waals surface area contributed by atoms with Crippen molar-refractivity contribution in [3.05, 3.63) is 84.4 Å². The van der Waals surface area contributed by atoms with Gasteiger partial charge in [0.25, 0.3) is 0 Å². The van der Waals surface area contributed by atoms with Crippen LogP contribution in [0.4, 0.5) is 0 Å². The topological polar surface area (TPSA) is 58.1 Å². The number of likely N-dealkylation sites (tertiary alicyclic amines) is 1. The molecule has 5 nitrogen and oxygen atoms in total. The second-order valence-electron chi connectivity index (χ2n) is 9.24. The number of benzene rings is 1. The first kappa shape index (κ1) is 22.2. The van der Waals surface area contributed by atoms with Crippen molar-refractivity contribution >= 4 is 5.91 Å². The molecule has 32 heavy (non-hydrogen) atoms. The van der Waals surface area contributed by atoms with Crippen molar-refractivity contribution in [1.82, 2.24) is 20.2 Å². The molecule has 1 atom stereocenters. The Morgan fingerprint density at radius 1 is 1.09 bits per heavy atom. The van der Waals surface area contributed by atoms with Crippen LogP contribution < -0.4 is 5.32 Å². The Labute approximate surface area is 190 Å². The molecule has 1 saturated heterocycles. The van der Waals surface area contributed by atoms with Crippen molar-refractivity contribution in [3.8, 4) is 11.1 Å². The maximum Gasteiger partial charge on any atom is 0.227 e. The normalized spacial score (nSPS) is 18.7. The number of nitrogens with zero attached hydrogens (tertiary/aromatic N) is 3. The van der Waals surface area contributed by atoms with Crippen LogP contribution in [0.1, 0.15) is 31.5 Å². The van der Waals surface area contributed by atoms with E-state index in [-0.39, 0.29) is 5.91 Å². The van der Waals surface area contributed by atoms with E-state index >= 15 is 0 Å². The van der Waals surface area contributed by atoms with Gasteiger partial charge in [0.05, 0.1) is 11.1 Å². The zero-order valence-corrected chi connectivity index (χ0v) is 19.0. The highest BCUT2D eigenvalue weighted by Crippen LogP contribution is 2.38. The lowest BCUT2D eigenvalue weighted by atomic mass is 9.78. The van der Waals surface area contributed by atoms with Gasteiger partial charge in [0.1, 0.15) is 0 Å². The third kappa shape index (κ3) is 5.22. The van der Waals surface area contributed by atoms with Crippen LogP contribution in [0.15, 0.2) is 73.2 Å². The molecule has 1 aromatic carbocycles. The van der Waals surface area contributed by atoms with Gasteiger partial charge in [-0.05, 0) is 54.6 Å². The average molecular weight is 429 g/mol. The van der Waals surface area contributed by atoms with Gasteiger partial charge in [0.15, 0.2) is 0 Å². The van der Waals surface area contributed by atoms with Crippen LogP contribution in [0, 0.1) is 11.3 Å². The Bertz CT molecular complexity index is 1020. The van der Waals surface area contributed by atoms with Crippen molar-refractivity contribution in [2.75, 3.05) is 19.6 Å². The molecule has 2 aromatic heterocycles. The summed E-state index contributed by atoms with van der Waals surface area (Å²) >= 11 is 0. The molecule has 0 bridgehead atoms. The molecule has 0 spiro atoms. The van der Waals surface area contributed by atoms with Crippen molar-refractivity contribution in [1.29, 1.82) is 0 Å². The monoisotopic (exact) mass is 428 g/mol. The zero-order valence-electron chi connectivity index (χ0n) is 19.0. The average Bonchev–Trinajstić information content (AvgIpc) is 3.22. The molecule has 1 unspecified atom stereocenters. The summed E-state index contributed by atoms with van der Waals surface area (Å²) in [6.45, 7) is 7.35. The van der Waals surface area contributed by atoms with Crippen molar-refractivity contribution in [2.45, 2.75) is 33.2 Å². The summed E-state index contributed by atoms with van der Waals surface area (Å²) in [5, 5.41) is 3.24. The minimum Gasteiger partial charge on any atom is -0.355 e. The standard InChI is InChI=1S/C27H32N4O/c1-21(2)17-30-26(32)27(12-15-31(20-27)19-24-10-5-6-14-29-24)16-22-8-3-4-11-25(22)23-9-7-13-28-18-23/h3-11,13-14,18,21H,12,15-17,19-20H2,1-2H3,(H,30,32). The number of nitrogens with one attached hydrogen (secondary N) is 1. The van der Waals surface area contributed by atoms with Gasteiger partial charge in [-0.1, -0.05) is 50.2 Å². The molecule has 3 heterocycles. The molecule has 1 N–H and O–H groups in total. The molecule has 166 valence electrons. The van der Waals surface area contributed by atoms with E-state index in [2.05, 4.69) is 70.4 Å². The van der Waals surface area contributed by atoms with E-state index in [0.29, 0.717) is 18.9 Å². The van der Waals surface area contributed by atoms with Crippen molar-refractivity contribution in [3.63, 3.8) is 0 Å². The SMILES string of the molecule is CC(C)CNC(=O)C1(Cc2ccccc2-c2cccnc2)CCN(Cc2ccccn2)C1. The molecule has 0 aliphatic carbocycles. The van der Waals surface area contributed by atoms with Gasteiger partial charge in [-0.15, -0.1) is 0 Å². The molecule has 3 aromatic rings. The van der Waals surface area contributed by atoms with Gasteiger partial charge >= 0.3 is 0 Å². The zero-order chi connectivity index (χ0) is 22.4. The fourth-order valence-corrected chi connectivity index (χ4v) is 4.55. The fraction of sp³-hybridized carbons (Fsp3) is 0.370. The Morgan fingerprint density at radius 3 is 2.69 bits per heavy atom. The Balaban J connectivity index is 1.61. The quantitative estimate of drug-likeness (QED) is 0.579. The smallest absolute Gasteiger partial charge is 0.227 e. The van der Waals surface area contributed by atoms with Crippen LogP contribution in [-0.4, -0.2) is 40.4 Å². The third-order valence-electron chi connectivity index (χ3n) is 6.22. The van der Waals surface area contributed by atoms with Crippen LogP contribution in [0.3, 0.4) is 0 Å². The summed E-state index contributed by atoms with van der Waals surface area (Å²) in [7, 11) is 0. The molecule has 1 fully saturated rings. The van der Waals surface area contributed by atoms with Crippen molar-refractivity contribution in [2.24, 2.45) is 11.3 Å². The maximum absolute atomic E-state index is 13.6. The number of rotatable bonds is 8. The summed E-state index contributed by atoms with van der Waals surface area (Å²) in [5.41, 5.74) is 4.02. The number of aromatic nitrogens is 2. The second kappa shape index (κ2) is 10.0. The molecular weight excluding hydrogens is 396 g/mol. The van der Waals surface area contributed by atoms with Crippen molar-refractivity contribution < 1.29 is 4.79 Å². The summed E-state index contributed by atoms with van der Waals surface area (Å²) in [6.07, 6.45) is 7.07. The number of carbonyl (C=O) groups excluding carboxylic acids is 1. The number of amides is 1. The van der Waals surface area contributed by atoms with Gasteiger partial charge in [0, 0.05) is 43.8 Å². The number of pyridine rings is 2. The third-order valence-corrected chi connectivity index (χ3v) is 6.22. The van der Waals surface area contributed by atoms with Crippen LogP contribution in [0.25, 0.3) is 11.1 Å². The van der Waals surface area contributed by atoms with Crippen LogP contribution >= 0.6 is 0 Å². The van der Waals surface area contributed by atoms with Crippen LogP contribution in [0.2, 0.25) is 0 Å². The van der Waals surface area contributed by atoms with Crippen LogP contribution in [-0.2, 0) is 17.8 Å². The van der Waals surface area contributed by atoms with E-state index in [1.165, 1.54) is 5.56 Å². The Kier molecular flexibility index (Phi) is 6.96. The highest BCUT2D eigenvalue weighted by atomic mass is 16.2. The first-order valence-corrected chi connectivity index (χ1v) is 11.4. The lowest BCUT2D eigenvalue weighted by Gasteiger charge is -2.30. The molecule has 0 saturated carbocycles. The first-order valence-electron chi connectivity index (χ1n) is 11.4. The molecule has 0 radical (unpaired) electrons. The van der Waals surface area contributed by atoms with E-state index in [1.807, 2.05) is 30.6 Å². The summed E-state index contributed by atoms with van der Waals surface area (Å²) in [5.74, 6) is 0.584. The van der Waals surface area contributed by atoms with E-state index in [0.717, 1.165) is 42.9 Å². The molecule has 1 aliphatic heterocycles. The second-order valence-corrected chi connectivity index (χ2v) is 9.24. The lowest BCUT2D eigenvalue weighted by Crippen LogP contribution is -2.45. The van der Waals surface area contributed by atoms with E-state index in [4.69, 9.17) is 0 Å². The minimum absolute atomic E-state index is 0.163. The van der Waals surface area contributed by atoms with E-state index < -0.39 is 5.41 Å². The highest BCUT2D eigenvalue weighted by Gasteiger charge is 2.44. The highest BCUT2D eigenvalue weighted by molar-refractivity contribution is 5.84. The van der Waals surface area contributed by atoms with E-state index in [9.17, 15) is 4.79 Å². The summed E-state index contributed by atoms with van der Waals surface area (Å²) < 4.78 is 0. The van der Waals surface area contributed by atoms with Gasteiger partial charge in [-0.25, -0.2) is 0 Å². The molecular formula is C27H32N4O. The van der Waals surface area contributed by atoms with Gasteiger partial charge in [0.2, 0.25) is 5.91 Å². The summed E-state index contributed by atoms with van der Waals surface area (Å²) in [6, 6.07) is 18.5.